The predicted molar refractivity (Wildman–Crippen MR) is 143 cm³/mol. The van der Waals surface area contributed by atoms with Gasteiger partial charge in [0.15, 0.2) is 29.9 Å². The quantitative estimate of drug-likeness (QED) is 0.151. The Kier molecular flexibility index (Phi) is 13.7. The largest absolute Gasteiger partial charge is 0.394 e. The van der Waals surface area contributed by atoms with Gasteiger partial charge in [0.1, 0.15) is 17.9 Å². The summed E-state index contributed by atoms with van der Waals surface area (Å²) in [4.78, 5) is 22.2. The Labute approximate surface area is 226 Å². The maximum Gasteiger partial charge on any atom is 0.170 e. The minimum absolute atomic E-state index is 0.0736. The second-order valence-electron chi connectivity index (χ2n) is 9.74. The number of imidazole rings is 1. The fourth-order valence-corrected chi connectivity index (χ4v) is 8.18. The van der Waals surface area contributed by atoms with Crippen LogP contribution in [0.15, 0.2) is 12.7 Å². The van der Waals surface area contributed by atoms with Gasteiger partial charge in [-0.1, -0.05) is 0 Å². The van der Waals surface area contributed by atoms with Crippen LogP contribution in [-0.2, 0) is 14.5 Å². The second kappa shape index (κ2) is 16.8. The van der Waals surface area contributed by atoms with Crippen molar-refractivity contribution in [3.63, 3.8) is 0 Å². The van der Waals surface area contributed by atoms with E-state index >= 15 is 0 Å². The van der Waals surface area contributed by atoms with Gasteiger partial charge in [0, 0.05) is 0 Å². The van der Waals surface area contributed by atoms with Crippen LogP contribution < -0.4 is 5.73 Å². The van der Waals surface area contributed by atoms with Gasteiger partial charge >= 0.3 is 121 Å². The number of anilines is 1. The fraction of sp³-hybridized carbons (Fsp3) is 0.808. The molecule has 0 amide bonds. The van der Waals surface area contributed by atoms with E-state index in [0.717, 1.165) is 0 Å². The van der Waals surface area contributed by atoms with Crippen molar-refractivity contribution in [3.05, 3.63) is 12.7 Å². The molecule has 10 heteroatoms. The zero-order valence-electron chi connectivity index (χ0n) is 22.1. The molecule has 4 atom stereocenters. The number of nitrogens with zero attached hydrogens (tertiary/aromatic N) is 4. The van der Waals surface area contributed by atoms with E-state index in [1.165, 1.54) is 70.5 Å². The molecular weight excluding hydrogens is 565 g/mol. The maximum atomic E-state index is 9.23. The van der Waals surface area contributed by atoms with Gasteiger partial charge in [0.25, 0.3) is 0 Å². The molecule has 0 aliphatic carbocycles. The van der Waals surface area contributed by atoms with Gasteiger partial charge < -0.3 is 15.6 Å². The van der Waals surface area contributed by atoms with Gasteiger partial charge in [-0.05, 0) is 0 Å². The fourth-order valence-electron chi connectivity index (χ4n) is 4.61. The first-order valence-electron chi connectivity index (χ1n) is 13.9. The van der Waals surface area contributed by atoms with Crippen LogP contribution in [0.2, 0.25) is 8.87 Å². The van der Waals surface area contributed by atoms with Crippen molar-refractivity contribution in [2.75, 3.05) is 12.3 Å². The number of nitrogens with two attached hydrogens (primary N) is 1. The van der Waals surface area contributed by atoms with E-state index in [1.54, 1.807) is 32.6 Å². The topological polar surface area (TPSA) is 118 Å². The van der Waals surface area contributed by atoms with Gasteiger partial charge in [-0.25, -0.2) is 24.7 Å². The van der Waals surface area contributed by atoms with Crippen LogP contribution in [0.25, 0.3) is 11.2 Å². The zero-order valence-corrected chi connectivity index (χ0v) is 25.0. The van der Waals surface area contributed by atoms with E-state index in [2.05, 4.69) is 28.8 Å². The Bertz CT molecular complexity index is 854. The Balaban J connectivity index is 0.000000203. The molecule has 2 radical (unpaired) electrons. The monoisotopic (exact) mass is 611 g/mol. The number of rotatable bonds is 16. The summed E-state index contributed by atoms with van der Waals surface area (Å²) in [6.07, 6.45) is 19.3. The van der Waals surface area contributed by atoms with Crippen LogP contribution >= 0.6 is 0 Å². The number of aliphatic hydroxyl groups is 1. The maximum absolute atomic E-state index is 9.23. The van der Waals surface area contributed by atoms with Crippen molar-refractivity contribution in [2.24, 2.45) is 0 Å². The minimum atomic E-state index is -0.449. The van der Waals surface area contributed by atoms with Gasteiger partial charge in [-0.3, -0.25) is 4.57 Å². The summed E-state index contributed by atoms with van der Waals surface area (Å²) in [5, 5.41) is 9.23. The van der Waals surface area contributed by atoms with Crippen LogP contribution in [-0.4, -0.2) is 70.7 Å². The van der Waals surface area contributed by atoms with E-state index in [0.29, 0.717) is 17.0 Å². The minimum Gasteiger partial charge on any atom is -0.394 e. The molecule has 2 aromatic heterocycles. The Morgan fingerprint density at radius 3 is 2.03 bits per heavy atom. The number of unbranched alkanes of at least 4 members (excludes halogenated alkanes) is 10. The summed E-state index contributed by atoms with van der Waals surface area (Å²) in [5.41, 5.74) is 6.80. The molecule has 9 nitrogen and oxygen atoms in total. The summed E-state index contributed by atoms with van der Waals surface area (Å²) >= 11 is 0.0736. The number of hydrogen-bond acceptors (Lipinski definition) is 8. The Hall–Kier alpha value is -1.01. The third-order valence-electron chi connectivity index (χ3n) is 6.82. The molecule has 0 aromatic carbocycles. The molecular formula is C26H45N5O4Sn. The molecule has 0 spiro atoms. The summed E-state index contributed by atoms with van der Waals surface area (Å²) in [6.45, 7) is 4.47. The van der Waals surface area contributed by atoms with Crippen LogP contribution in [0.3, 0.4) is 0 Å². The van der Waals surface area contributed by atoms with E-state index in [4.69, 9.17) is 20.2 Å². The molecule has 202 valence electrons. The number of aliphatic hydroxyl groups excluding tert-OH is 1. The second-order valence-corrected chi connectivity index (χ2v) is 14.0. The molecule has 0 bridgehead atoms. The van der Waals surface area contributed by atoms with Gasteiger partial charge in [-0.2, -0.15) is 0 Å². The molecule has 2 aliphatic rings. The van der Waals surface area contributed by atoms with Gasteiger partial charge in [0.2, 0.25) is 0 Å². The molecule has 2 aromatic rings. The molecule has 4 unspecified atom stereocenters. The molecule has 2 saturated heterocycles. The number of ether oxygens (including phenoxy) is 1. The van der Waals surface area contributed by atoms with Crippen molar-refractivity contribution in [1.29, 1.82) is 0 Å². The Morgan fingerprint density at radius 2 is 1.47 bits per heavy atom. The van der Waals surface area contributed by atoms with E-state index in [-0.39, 0.29) is 40.0 Å². The first kappa shape index (κ1) is 29.5. The van der Waals surface area contributed by atoms with E-state index < -0.39 is 12.3 Å². The molecule has 4 rings (SSSR count). The van der Waals surface area contributed by atoms with Crippen molar-refractivity contribution < 1.29 is 19.6 Å². The molecule has 3 N–H and O–H groups in total. The molecule has 2 fully saturated rings. The third kappa shape index (κ3) is 8.51. The van der Waals surface area contributed by atoms with Crippen molar-refractivity contribution in [1.82, 2.24) is 19.5 Å². The molecule has 2 aliphatic heterocycles. The first-order chi connectivity index (χ1) is 17.7. The van der Waals surface area contributed by atoms with Crippen molar-refractivity contribution in [2.45, 2.75) is 124 Å². The van der Waals surface area contributed by atoms with Crippen LogP contribution in [0.4, 0.5) is 5.82 Å². The van der Waals surface area contributed by atoms with Crippen LogP contribution in [0.1, 0.15) is 97.1 Å². The molecule has 36 heavy (non-hydrogen) atoms. The summed E-state index contributed by atoms with van der Waals surface area (Å²) in [5.74, 6) is 0.308. The van der Waals surface area contributed by atoms with Crippen molar-refractivity contribution >= 4 is 38.1 Å². The van der Waals surface area contributed by atoms with Crippen molar-refractivity contribution in [3.8, 4) is 0 Å². The predicted octanol–water partition coefficient (Wildman–Crippen LogP) is 5.25. The van der Waals surface area contributed by atoms with Gasteiger partial charge in [0.05, 0.1) is 12.9 Å². The summed E-state index contributed by atoms with van der Waals surface area (Å²) < 4.78 is 10.7. The normalized spacial score (nSPS) is 22.8. The average molecular weight is 610 g/mol. The van der Waals surface area contributed by atoms with Crippen LogP contribution in [0.5, 0.6) is 0 Å². The number of hydrogen-bond donors (Lipinski definition) is 2. The summed E-state index contributed by atoms with van der Waals surface area (Å²) in [6, 6.07) is 0. The SMILES string of the molecule is CCCCCCC[CH2][Sn][CH2]CCCCCCC.Nc1ncnc2c1ncn2C1OC(CO)C2OOC21. The number of nitrogen functional groups attached to an aromatic ring is 1. The standard InChI is InChI=1S/C10H11N5O4.2C8H17.Sn/c11-8-5-9(13-2-12-8)15(3-14-5)10-7-6(18-19-7)4(1-16)17-10;2*1-3-5-7-8-6-4-2;/h2-4,6-7,10,16H,1H2,(H2,11,12,13);2*1,3-8H2,2H3;. The number of fused-ring (bicyclic) bond motifs is 2. The van der Waals surface area contributed by atoms with E-state index in [1.807, 2.05) is 0 Å². The zero-order chi connectivity index (χ0) is 25.6. The number of aromatic nitrogens is 4. The summed E-state index contributed by atoms with van der Waals surface area (Å²) in [7, 11) is 0. The smallest absolute Gasteiger partial charge is 0.170 e. The van der Waals surface area contributed by atoms with Crippen LogP contribution in [0, 0.1) is 0 Å². The Morgan fingerprint density at radius 1 is 0.861 bits per heavy atom. The third-order valence-corrected chi connectivity index (χ3v) is 10.9. The first-order valence-corrected chi connectivity index (χ1v) is 18.0. The van der Waals surface area contributed by atoms with E-state index in [9.17, 15) is 5.11 Å². The average Bonchev–Trinajstić information content (AvgIpc) is 3.41. The molecule has 0 saturated carbocycles. The van der Waals surface area contributed by atoms with Gasteiger partial charge in [-0.15, -0.1) is 0 Å². The molecule has 4 heterocycles.